The smallest absolute Gasteiger partial charge is 0.354 e. The number of carbonyl (C=O) groups is 1. The number of carbonyl (C=O) groups excluding carboxylic acids is 1. The number of hydrogen-bond donors (Lipinski definition) is 1. The summed E-state index contributed by atoms with van der Waals surface area (Å²) >= 11 is 0. The SMILES string of the molecule is COC(=O)c1c(C)c2cc(N)ccc2n1C. The summed E-state index contributed by atoms with van der Waals surface area (Å²) in [6.45, 7) is 1.90. The molecule has 0 aliphatic carbocycles. The highest BCUT2D eigenvalue weighted by Gasteiger charge is 2.18. The second-order valence-corrected chi connectivity index (χ2v) is 3.80. The first-order valence-electron chi connectivity index (χ1n) is 4.99. The molecule has 1 aromatic heterocycles. The van der Waals surface area contributed by atoms with Crippen LogP contribution in [0.3, 0.4) is 0 Å². The zero-order valence-corrected chi connectivity index (χ0v) is 9.57. The van der Waals surface area contributed by atoms with Crippen LogP contribution in [0.5, 0.6) is 0 Å². The quantitative estimate of drug-likeness (QED) is 0.587. The summed E-state index contributed by atoms with van der Waals surface area (Å²) in [5.74, 6) is -0.324. The number of nitrogens with two attached hydrogens (primary N) is 1. The molecule has 16 heavy (non-hydrogen) atoms. The molecule has 2 aromatic rings. The highest BCUT2D eigenvalue weighted by molar-refractivity contribution is 5.99. The van der Waals surface area contributed by atoms with Crippen LogP contribution in [0.2, 0.25) is 0 Å². The molecule has 0 spiro atoms. The van der Waals surface area contributed by atoms with Gasteiger partial charge in [-0.1, -0.05) is 0 Å². The fourth-order valence-corrected chi connectivity index (χ4v) is 2.03. The van der Waals surface area contributed by atoms with E-state index in [4.69, 9.17) is 10.5 Å². The topological polar surface area (TPSA) is 57.2 Å². The van der Waals surface area contributed by atoms with Crippen molar-refractivity contribution in [1.82, 2.24) is 4.57 Å². The van der Waals surface area contributed by atoms with E-state index in [-0.39, 0.29) is 5.97 Å². The number of rotatable bonds is 1. The Bertz CT molecular complexity index is 570. The molecule has 0 fully saturated rings. The predicted molar refractivity (Wildman–Crippen MR) is 63.4 cm³/mol. The molecule has 0 saturated heterocycles. The van der Waals surface area contributed by atoms with Gasteiger partial charge >= 0.3 is 5.97 Å². The van der Waals surface area contributed by atoms with E-state index < -0.39 is 0 Å². The Labute approximate surface area is 93.6 Å². The lowest BCUT2D eigenvalue weighted by Gasteiger charge is -2.02. The first-order valence-corrected chi connectivity index (χ1v) is 4.99. The van der Waals surface area contributed by atoms with Crippen molar-refractivity contribution in [3.63, 3.8) is 0 Å². The fourth-order valence-electron chi connectivity index (χ4n) is 2.03. The molecule has 0 saturated carbocycles. The summed E-state index contributed by atoms with van der Waals surface area (Å²) in [7, 11) is 3.23. The van der Waals surface area contributed by atoms with Gasteiger partial charge < -0.3 is 15.0 Å². The lowest BCUT2D eigenvalue weighted by atomic mass is 10.1. The standard InChI is InChI=1S/C12H14N2O2/c1-7-9-6-8(13)4-5-10(9)14(2)11(7)12(15)16-3/h4-6H,13H2,1-3H3. The maximum absolute atomic E-state index is 11.6. The molecule has 1 aromatic carbocycles. The Morgan fingerprint density at radius 1 is 1.44 bits per heavy atom. The number of aromatic nitrogens is 1. The van der Waals surface area contributed by atoms with E-state index in [0.29, 0.717) is 11.4 Å². The van der Waals surface area contributed by atoms with Gasteiger partial charge in [0.15, 0.2) is 0 Å². The summed E-state index contributed by atoms with van der Waals surface area (Å²) in [6, 6.07) is 5.60. The number of benzene rings is 1. The van der Waals surface area contributed by atoms with Crippen molar-refractivity contribution < 1.29 is 9.53 Å². The highest BCUT2D eigenvalue weighted by Crippen LogP contribution is 2.26. The van der Waals surface area contributed by atoms with Gasteiger partial charge in [-0.2, -0.15) is 0 Å². The Balaban J connectivity index is 2.81. The van der Waals surface area contributed by atoms with Gasteiger partial charge in [-0.15, -0.1) is 0 Å². The second kappa shape index (κ2) is 3.56. The van der Waals surface area contributed by atoms with E-state index in [2.05, 4.69) is 0 Å². The molecule has 84 valence electrons. The molecule has 0 amide bonds. The lowest BCUT2D eigenvalue weighted by Crippen LogP contribution is -2.08. The average molecular weight is 218 g/mol. The molecule has 0 bridgehead atoms. The van der Waals surface area contributed by atoms with Crippen LogP contribution in [0, 0.1) is 6.92 Å². The van der Waals surface area contributed by atoms with Crippen LogP contribution in [0.1, 0.15) is 16.1 Å². The lowest BCUT2D eigenvalue weighted by molar-refractivity contribution is 0.0589. The summed E-state index contributed by atoms with van der Waals surface area (Å²) in [5.41, 5.74) is 8.88. The number of methoxy groups -OCH3 is 1. The maximum Gasteiger partial charge on any atom is 0.354 e. The van der Waals surface area contributed by atoms with Crippen molar-refractivity contribution in [3.05, 3.63) is 29.5 Å². The van der Waals surface area contributed by atoms with E-state index >= 15 is 0 Å². The molecule has 0 atom stereocenters. The predicted octanol–water partition coefficient (Wildman–Crippen LogP) is 1.86. The molecule has 2 N–H and O–H groups in total. The molecule has 1 heterocycles. The van der Waals surface area contributed by atoms with Crippen LogP contribution < -0.4 is 5.73 Å². The van der Waals surface area contributed by atoms with E-state index in [1.54, 1.807) is 0 Å². The third kappa shape index (κ3) is 1.34. The number of anilines is 1. The fraction of sp³-hybridized carbons (Fsp3) is 0.250. The van der Waals surface area contributed by atoms with Gasteiger partial charge in [-0.25, -0.2) is 4.79 Å². The van der Waals surface area contributed by atoms with Crippen molar-refractivity contribution in [2.45, 2.75) is 6.92 Å². The Kier molecular flexibility index (Phi) is 2.34. The first-order chi connectivity index (χ1) is 7.56. The summed E-state index contributed by atoms with van der Waals surface area (Å²) < 4.78 is 6.60. The number of nitrogens with zero attached hydrogens (tertiary/aromatic N) is 1. The van der Waals surface area contributed by atoms with E-state index in [1.807, 2.05) is 36.7 Å². The van der Waals surface area contributed by atoms with Crippen molar-refractivity contribution in [3.8, 4) is 0 Å². The van der Waals surface area contributed by atoms with Crippen molar-refractivity contribution >= 4 is 22.6 Å². The Morgan fingerprint density at radius 2 is 2.12 bits per heavy atom. The van der Waals surface area contributed by atoms with Crippen LogP contribution in [0.25, 0.3) is 10.9 Å². The third-order valence-corrected chi connectivity index (χ3v) is 2.86. The molecule has 0 radical (unpaired) electrons. The van der Waals surface area contributed by atoms with Gasteiger partial charge in [0, 0.05) is 23.6 Å². The van der Waals surface area contributed by atoms with Crippen LogP contribution in [0.4, 0.5) is 5.69 Å². The molecular formula is C12H14N2O2. The first kappa shape index (κ1) is 10.5. The third-order valence-electron chi connectivity index (χ3n) is 2.86. The molecule has 4 heteroatoms. The van der Waals surface area contributed by atoms with E-state index in [0.717, 1.165) is 16.5 Å². The minimum Gasteiger partial charge on any atom is -0.464 e. The second-order valence-electron chi connectivity index (χ2n) is 3.80. The zero-order chi connectivity index (χ0) is 11.9. The van der Waals surface area contributed by atoms with Gasteiger partial charge in [0.05, 0.1) is 7.11 Å². The Morgan fingerprint density at radius 3 is 2.75 bits per heavy atom. The van der Waals surface area contributed by atoms with Crippen LogP contribution in [0.15, 0.2) is 18.2 Å². The molecule has 0 unspecified atom stereocenters. The number of nitrogen functional groups attached to an aromatic ring is 1. The van der Waals surface area contributed by atoms with Crippen LogP contribution >= 0.6 is 0 Å². The summed E-state index contributed by atoms with van der Waals surface area (Å²) in [4.78, 5) is 11.6. The summed E-state index contributed by atoms with van der Waals surface area (Å²) in [5, 5.41) is 0.989. The molecule has 4 nitrogen and oxygen atoms in total. The largest absolute Gasteiger partial charge is 0.464 e. The van der Waals surface area contributed by atoms with Crippen molar-refractivity contribution in [2.75, 3.05) is 12.8 Å². The number of esters is 1. The monoisotopic (exact) mass is 218 g/mol. The highest BCUT2D eigenvalue weighted by atomic mass is 16.5. The van der Waals surface area contributed by atoms with Gasteiger partial charge in [0.25, 0.3) is 0 Å². The van der Waals surface area contributed by atoms with Gasteiger partial charge in [-0.05, 0) is 30.7 Å². The summed E-state index contributed by atoms with van der Waals surface area (Å²) in [6.07, 6.45) is 0. The van der Waals surface area contributed by atoms with Crippen LogP contribution in [-0.2, 0) is 11.8 Å². The minimum absolute atomic E-state index is 0.324. The van der Waals surface area contributed by atoms with Crippen molar-refractivity contribution in [2.24, 2.45) is 7.05 Å². The number of aryl methyl sites for hydroxylation is 2. The molecular weight excluding hydrogens is 204 g/mol. The molecule has 0 aliphatic rings. The number of fused-ring (bicyclic) bond motifs is 1. The maximum atomic E-state index is 11.6. The zero-order valence-electron chi connectivity index (χ0n) is 9.57. The minimum atomic E-state index is -0.324. The Hall–Kier alpha value is -1.97. The number of ether oxygens (including phenoxy) is 1. The normalized spacial score (nSPS) is 10.7. The number of hydrogen-bond acceptors (Lipinski definition) is 3. The van der Waals surface area contributed by atoms with Crippen LogP contribution in [-0.4, -0.2) is 17.6 Å². The van der Waals surface area contributed by atoms with E-state index in [1.165, 1.54) is 7.11 Å². The molecule has 0 aliphatic heterocycles. The van der Waals surface area contributed by atoms with Crippen molar-refractivity contribution in [1.29, 1.82) is 0 Å². The van der Waals surface area contributed by atoms with E-state index in [9.17, 15) is 4.79 Å². The average Bonchev–Trinajstić information content (AvgIpc) is 2.51. The van der Waals surface area contributed by atoms with Gasteiger partial charge in [0.1, 0.15) is 5.69 Å². The van der Waals surface area contributed by atoms with Gasteiger partial charge in [-0.3, -0.25) is 0 Å². The molecule has 2 rings (SSSR count). The van der Waals surface area contributed by atoms with Gasteiger partial charge in [0.2, 0.25) is 0 Å².